The second-order valence-corrected chi connectivity index (χ2v) is 7.24. The fourth-order valence-corrected chi connectivity index (χ4v) is 3.71. The number of nitrogens with two attached hydrogens (primary N) is 1. The highest BCUT2D eigenvalue weighted by molar-refractivity contribution is 7.98. The summed E-state index contributed by atoms with van der Waals surface area (Å²) >= 11 is 7.66. The second kappa shape index (κ2) is 7.82. The van der Waals surface area contributed by atoms with Crippen LogP contribution in [0.3, 0.4) is 0 Å². The molecule has 0 bridgehead atoms. The fraction of sp³-hybridized carbons (Fsp3) is 0.0500. The Labute approximate surface area is 166 Å². The molecular formula is C20H16ClN5S. The Morgan fingerprint density at radius 3 is 2.48 bits per heavy atom. The van der Waals surface area contributed by atoms with E-state index in [0.717, 1.165) is 27.8 Å². The van der Waals surface area contributed by atoms with Crippen molar-refractivity contribution in [1.29, 1.82) is 0 Å². The van der Waals surface area contributed by atoms with Gasteiger partial charge in [0.1, 0.15) is 5.82 Å². The molecule has 5 nitrogen and oxygen atoms in total. The summed E-state index contributed by atoms with van der Waals surface area (Å²) in [6, 6.07) is 21.5. The van der Waals surface area contributed by atoms with Gasteiger partial charge in [-0.1, -0.05) is 53.7 Å². The minimum absolute atomic E-state index is 0.511. The first-order valence-corrected chi connectivity index (χ1v) is 9.67. The second-order valence-electron chi connectivity index (χ2n) is 5.86. The molecule has 0 saturated carbocycles. The zero-order valence-electron chi connectivity index (χ0n) is 14.3. The topological polar surface area (TPSA) is 69.6 Å². The van der Waals surface area contributed by atoms with Crippen LogP contribution >= 0.6 is 23.4 Å². The molecule has 2 heterocycles. The third-order valence-corrected chi connectivity index (χ3v) is 5.22. The number of hydrogen-bond donors (Lipinski definition) is 1. The minimum Gasteiger partial charge on any atom is -0.384 e. The normalized spacial score (nSPS) is 10.9. The number of nitrogen functional groups attached to an aromatic ring is 1. The highest BCUT2D eigenvalue weighted by Crippen LogP contribution is 2.30. The van der Waals surface area contributed by atoms with Crippen LogP contribution in [0.1, 0.15) is 5.56 Å². The first kappa shape index (κ1) is 17.6. The molecule has 134 valence electrons. The summed E-state index contributed by atoms with van der Waals surface area (Å²) < 4.78 is 2.04. The number of pyridine rings is 1. The first-order chi connectivity index (χ1) is 13.2. The summed E-state index contributed by atoms with van der Waals surface area (Å²) in [5.74, 6) is 2.01. The van der Waals surface area contributed by atoms with Gasteiger partial charge in [0.25, 0.3) is 0 Å². The Hall–Kier alpha value is -2.83. The van der Waals surface area contributed by atoms with Crippen LogP contribution in [-0.2, 0) is 5.75 Å². The van der Waals surface area contributed by atoms with Gasteiger partial charge in [-0.25, -0.2) is 4.98 Å². The van der Waals surface area contributed by atoms with E-state index in [1.807, 2.05) is 71.3 Å². The van der Waals surface area contributed by atoms with Gasteiger partial charge in [-0.05, 0) is 42.0 Å². The average Bonchev–Trinajstić information content (AvgIpc) is 3.12. The van der Waals surface area contributed by atoms with Crippen LogP contribution in [0.25, 0.3) is 17.1 Å². The number of anilines is 1. The van der Waals surface area contributed by atoms with Gasteiger partial charge in [-0.2, -0.15) is 0 Å². The summed E-state index contributed by atoms with van der Waals surface area (Å²) in [6.45, 7) is 0. The third kappa shape index (κ3) is 3.97. The first-order valence-electron chi connectivity index (χ1n) is 8.31. The molecule has 0 aliphatic heterocycles. The Morgan fingerprint density at radius 1 is 0.963 bits per heavy atom. The molecule has 0 saturated heterocycles. The number of aromatic nitrogens is 4. The molecule has 27 heavy (non-hydrogen) atoms. The molecule has 0 atom stereocenters. The predicted octanol–water partition coefficient (Wildman–Crippen LogP) is 4.86. The summed E-state index contributed by atoms with van der Waals surface area (Å²) in [6.07, 6.45) is 1.71. The van der Waals surface area contributed by atoms with Crippen LogP contribution in [0.2, 0.25) is 5.02 Å². The van der Waals surface area contributed by atoms with Gasteiger partial charge in [-0.3, -0.25) is 4.57 Å². The number of halogens is 1. The molecule has 2 aromatic heterocycles. The number of benzene rings is 2. The van der Waals surface area contributed by atoms with Gasteiger partial charge in [-0.15, -0.1) is 10.2 Å². The maximum atomic E-state index is 6.06. The van der Waals surface area contributed by atoms with Crippen molar-refractivity contribution in [2.24, 2.45) is 0 Å². The van der Waals surface area contributed by atoms with E-state index in [1.165, 1.54) is 0 Å². The van der Waals surface area contributed by atoms with Crippen molar-refractivity contribution in [3.05, 3.63) is 83.5 Å². The van der Waals surface area contributed by atoms with Crippen molar-refractivity contribution in [3.8, 4) is 17.1 Å². The van der Waals surface area contributed by atoms with E-state index in [9.17, 15) is 0 Å². The monoisotopic (exact) mass is 393 g/mol. The van der Waals surface area contributed by atoms with Crippen molar-refractivity contribution in [1.82, 2.24) is 19.7 Å². The molecule has 0 radical (unpaired) electrons. The molecule has 0 aliphatic carbocycles. The highest BCUT2D eigenvalue weighted by Gasteiger charge is 2.16. The maximum absolute atomic E-state index is 6.06. The lowest BCUT2D eigenvalue weighted by Crippen LogP contribution is -2.00. The number of nitrogens with zero attached hydrogens (tertiary/aromatic N) is 4. The zero-order chi connectivity index (χ0) is 18.6. The van der Waals surface area contributed by atoms with Crippen molar-refractivity contribution in [2.75, 3.05) is 5.73 Å². The van der Waals surface area contributed by atoms with E-state index in [0.29, 0.717) is 16.6 Å². The van der Waals surface area contributed by atoms with E-state index in [4.69, 9.17) is 17.3 Å². The Kier molecular flexibility index (Phi) is 5.09. The van der Waals surface area contributed by atoms with Crippen LogP contribution in [0.4, 0.5) is 5.82 Å². The fourth-order valence-electron chi connectivity index (χ4n) is 2.69. The summed E-state index contributed by atoms with van der Waals surface area (Å²) in [5, 5.41) is 10.3. The lowest BCUT2D eigenvalue weighted by molar-refractivity contribution is 0.886. The van der Waals surface area contributed by atoms with Crippen LogP contribution in [0, 0.1) is 0 Å². The molecule has 0 aliphatic rings. The van der Waals surface area contributed by atoms with Gasteiger partial charge in [0.05, 0.1) is 0 Å². The molecule has 0 unspecified atom stereocenters. The Balaban J connectivity index is 1.73. The number of hydrogen-bond acceptors (Lipinski definition) is 5. The lowest BCUT2D eigenvalue weighted by Gasteiger charge is -2.10. The quantitative estimate of drug-likeness (QED) is 0.490. The molecule has 4 aromatic rings. The van der Waals surface area contributed by atoms with E-state index >= 15 is 0 Å². The Morgan fingerprint density at radius 2 is 1.74 bits per heavy atom. The largest absolute Gasteiger partial charge is 0.384 e. The third-order valence-electron chi connectivity index (χ3n) is 3.96. The van der Waals surface area contributed by atoms with Crippen LogP contribution in [0.15, 0.2) is 78.1 Å². The zero-order valence-corrected chi connectivity index (χ0v) is 15.9. The predicted molar refractivity (Wildman–Crippen MR) is 110 cm³/mol. The van der Waals surface area contributed by atoms with Crippen molar-refractivity contribution >= 4 is 29.2 Å². The van der Waals surface area contributed by atoms with E-state index in [2.05, 4.69) is 15.2 Å². The maximum Gasteiger partial charge on any atom is 0.196 e. The van der Waals surface area contributed by atoms with E-state index in [1.54, 1.807) is 18.0 Å². The Bertz CT molecular complexity index is 1050. The molecule has 0 fully saturated rings. The lowest BCUT2D eigenvalue weighted by atomic mass is 10.2. The molecule has 0 spiro atoms. The molecule has 4 rings (SSSR count). The molecular weight excluding hydrogens is 378 g/mol. The van der Waals surface area contributed by atoms with Gasteiger partial charge >= 0.3 is 0 Å². The van der Waals surface area contributed by atoms with Gasteiger partial charge in [0.15, 0.2) is 11.0 Å². The van der Waals surface area contributed by atoms with Crippen molar-refractivity contribution in [3.63, 3.8) is 0 Å². The van der Waals surface area contributed by atoms with Gasteiger partial charge < -0.3 is 5.73 Å². The smallest absolute Gasteiger partial charge is 0.196 e. The summed E-state index contributed by atoms with van der Waals surface area (Å²) in [4.78, 5) is 4.03. The number of thioether (sulfide) groups is 1. The highest BCUT2D eigenvalue weighted by atomic mass is 35.5. The van der Waals surface area contributed by atoms with Gasteiger partial charge in [0, 0.05) is 28.2 Å². The van der Waals surface area contributed by atoms with Crippen LogP contribution in [0.5, 0.6) is 0 Å². The average molecular weight is 394 g/mol. The molecule has 2 N–H and O–H groups in total. The van der Waals surface area contributed by atoms with E-state index < -0.39 is 0 Å². The van der Waals surface area contributed by atoms with Crippen LogP contribution in [-0.4, -0.2) is 19.7 Å². The van der Waals surface area contributed by atoms with Gasteiger partial charge in [0.2, 0.25) is 0 Å². The van der Waals surface area contributed by atoms with E-state index in [-0.39, 0.29) is 0 Å². The number of rotatable bonds is 5. The molecule has 2 aromatic carbocycles. The van der Waals surface area contributed by atoms with Crippen molar-refractivity contribution in [2.45, 2.75) is 10.9 Å². The summed E-state index contributed by atoms with van der Waals surface area (Å²) in [7, 11) is 0. The van der Waals surface area contributed by atoms with Crippen LogP contribution < -0.4 is 5.73 Å². The molecule has 0 amide bonds. The standard InChI is InChI=1S/C20H16ClN5S/c21-16-6-8-17(9-7-16)26-19(15-4-2-1-3-5-15)24-25-20(26)27-13-14-10-11-23-18(22)12-14/h1-12H,13H2,(H2,22,23). The minimum atomic E-state index is 0.511. The van der Waals surface area contributed by atoms with Crippen molar-refractivity contribution < 1.29 is 0 Å². The SMILES string of the molecule is Nc1cc(CSc2nnc(-c3ccccc3)n2-c2ccc(Cl)cc2)ccn1. The molecule has 7 heteroatoms. The summed E-state index contributed by atoms with van der Waals surface area (Å²) in [5.41, 5.74) is 8.82.